The fourth-order valence-electron chi connectivity index (χ4n) is 4.67. The molecule has 1 aliphatic carbocycles. The van der Waals surface area contributed by atoms with Crippen LogP contribution in [0.2, 0.25) is 0 Å². The Hall–Kier alpha value is -3.34. The molecule has 0 spiro atoms. The summed E-state index contributed by atoms with van der Waals surface area (Å²) < 4.78 is 47.8. The predicted molar refractivity (Wildman–Crippen MR) is 125 cm³/mol. The third kappa shape index (κ3) is 4.40. The van der Waals surface area contributed by atoms with Crippen LogP contribution in [0.1, 0.15) is 68.7 Å². The number of halogens is 3. The number of nitrogens with zero attached hydrogens (tertiary/aromatic N) is 2. The van der Waals surface area contributed by atoms with Gasteiger partial charge in [-0.25, -0.2) is 9.48 Å². The second-order valence-corrected chi connectivity index (χ2v) is 9.60. The molecule has 5 rings (SSSR count). The lowest BCUT2D eigenvalue weighted by molar-refractivity contribution is -0.173. The van der Waals surface area contributed by atoms with Crippen LogP contribution < -0.4 is 10.6 Å². The fourth-order valence-corrected chi connectivity index (χ4v) is 5.94. The van der Waals surface area contributed by atoms with Gasteiger partial charge in [-0.05, 0) is 37.3 Å². The maximum atomic E-state index is 13.9. The van der Waals surface area contributed by atoms with Crippen LogP contribution >= 0.6 is 11.3 Å². The Labute approximate surface area is 203 Å². The molecule has 35 heavy (non-hydrogen) atoms. The number of hydrogen-bond donors (Lipinski definition) is 2. The van der Waals surface area contributed by atoms with Crippen LogP contribution in [0.15, 0.2) is 36.4 Å². The number of esters is 1. The van der Waals surface area contributed by atoms with Crippen LogP contribution in [0, 0.1) is 0 Å². The van der Waals surface area contributed by atoms with E-state index in [4.69, 9.17) is 4.74 Å². The van der Waals surface area contributed by atoms with Gasteiger partial charge < -0.3 is 15.4 Å². The molecule has 2 aliphatic rings. The van der Waals surface area contributed by atoms with Gasteiger partial charge in [0.05, 0.1) is 18.2 Å². The number of hydrogen-bond acceptors (Lipinski definition) is 6. The van der Waals surface area contributed by atoms with Crippen molar-refractivity contribution in [2.45, 2.75) is 50.9 Å². The van der Waals surface area contributed by atoms with Gasteiger partial charge in [0.25, 0.3) is 5.91 Å². The molecule has 2 aromatic heterocycles. The van der Waals surface area contributed by atoms with Crippen molar-refractivity contribution in [1.29, 1.82) is 0 Å². The highest BCUT2D eigenvalue weighted by Gasteiger charge is 2.47. The van der Waals surface area contributed by atoms with E-state index in [9.17, 15) is 22.8 Å². The third-order valence-corrected chi connectivity index (χ3v) is 7.46. The van der Waals surface area contributed by atoms with Crippen LogP contribution in [-0.2, 0) is 17.6 Å². The number of thiophene rings is 1. The van der Waals surface area contributed by atoms with Crippen LogP contribution in [0.3, 0.4) is 0 Å². The minimum Gasteiger partial charge on any atom is -0.462 e. The largest absolute Gasteiger partial charge is 0.462 e. The smallest absolute Gasteiger partial charge is 0.410 e. The molecule has 0 radical (unpaired) electrons. The summed E-state index contributed by atoms with van der Waals surface area (Å²) in [6.07, 6.45) is -2.36. The molecule has 184 valence electrons. The van der Waals surface area contributed by atoms with E-state index in [0.29, 0.717) is 22.5 Å². The number of ether oxygens (including phenoxy) is 1. The van der Waals surface area contributed by atoms with Crippen LogP contribution in [0.25, 0.3) is 0 Å². The molecule has 0 unspecified atom stereocenters. The molecular weight excluding hydrogens is 481 g/mol. The summed E-state index contributed by atoms with van der Waals surface area (Å²) in [6.45, 7) is 1.89. The molecule has 1 amide bonds. The van der Waals surface area contributed by atoms with Crippen LogP contribution in [-0.4, -0.2) is 34.4 Å². The van der Waals surface area contributed by atoms with Gasteiger partial charge in [0.2, 0.25) is 0 Å². The van der Waals surface area contributed by atoms with E-state index in [2.05, 4.69) is 15.7 Å². The highest BCUT2D eigenvalue weighted by atomic mass is 32.1. The topological polar surface area (TPSA) is 85.2 Å². The minimum absolute atomic E-state index is 0.108. The van der Waals surface area contributed by atoms with E-state index in [-0.39, 0.29) is 24.5 Å². The van der Waals surface area contributed by atoms with Gasteiger partial charge in [0.1, 0.15) is 10.8 Å². The van der Waals surface area contributed by atoms with Gasteiger partial charge >= 0.3 is 12.1 Å². The number of carbonyl (C=O) groups excluding carboxylic acids is 2. The van der Waals surface area contributed by atoms with Gasteiger partial charge in [0.15, 0.2) is 11.7 Å². The molecule has 3 aromatic rings. The SMILES string of the molecule is CCOC(=O)c1c(NC(=O)c2cc3n(n2)[C@H](C(F)(F)F)C[C@H](c2ccccc2)N3)sc2c1CCC2. The van der Waals surface area contributed by atoms with Crippen molar-refractivity contribution in [3.8, 4) is 0 Å². The average molecular weight is 505 g/mol. The van der Waals surface area contributed by atoms with E-state index in [1.165, 1.54) is 17.4 Å². The standard InChI is InChI=1S/C24H23F3N4O3S/c1-2-34-23(33)20-14-9-6-10-17(14)35-22(20)29-21(32)16-12-19-28-15(13-7-4-3-5-8-13)11-18(24(25,26)27)31(19)30-16/h3-5,7-8,12,15,18,28H,2,6,9-11H2,1H3,(H,29,32)/t15-,18+/m1/s1. The lowest BCUT2D eigenvalue weighted by Crippen LogP contribution is -2.35. The maximum absolute atomic E-state index is 13.9. The summed E-state index contributed by atoms with van der Waals surface area (Å²) in [7, 11) is 0. The number of amides is 1. The molecule has 3 heterocycles. The molecule has 7 nitrogen and oxygen atoms in total. The van der Waals surface area contributed by atoms with Crippen LogP contribution in [0.4, 0.5) is 24.0 Å². The van der Waals surface area contributed by atoms with Crippen molar-refractivity contribution >= 4 is 34.0 Å². The van der Waals surface area contributed by atoms with Gasteiger partial charge in [0, 0.05) is 17.4 Å². The Kier molecular flexibility index (Phi) is 6.04. The zero-order valence-corrected chi connectivity index (χ0v) is 19.6. The summed E-state index contributed by atoms with van der Waals surface area (Å²) in [6, 6.07) is 7.70. The van der Waals surface area contributed by atoms with Crippen molar-refractivity contribution in [2.75, 3.05) is 17.2 Å². The van der Waals surface area contributed by atoms with Gasteiger partial charge in [-0.1, -0.05) is 30.3 Å². The second-order valence-electron chi connectivity index (χ2n) is 8.50. The molecule has 11 heteroatoms. The first-order chi connectivity index (χ1) is 16.8. The first-order valence-corrected chi connectivity index (χ1v) is 12.2. The Bertz CT molecular complexity index is 1270. The van der Waals surface area contributed by atoms with Gasteiger partial charge in [-0.2, -0.15) is 18.3 Å². The van der Waals surface area contributed by atoms with E-state index in [1.54, 1.807) is 37.3 Å². The number of carbonyl (C=O) groups is 2. The molecule has 1 aliphatic heterocycles. The second kappa shape index (κ2) is 9.03. The average Bonchev–Trinajstić information content (AvgIpc) is 3.52. The normalized spacial score (nSPS) is 19.0. The van der Waals surface area contributed by atoms with E-state index in [1.807, 2.05) is 0 Å². The number of rotatable bonds is 5. The monoisotopic (exact) mass is 504 g/mol. The molecular formula is C24H23F3N4O3S. The Balaban J connectivity index is 1.45. The third-order valence-electron chi connectivity index (χ3n) is 6.25. The highest BCUT2D eigenvalue weighted by Crippen LogP contribution is 2.44. The fraction of sp³-hybridized carbons (Fsp3) is 0.375. The molecule has 2 atom stereocenters. The number of aryl methyl sites for hydroxylation is 1. The number of benzene rings is 1. The zero-order chi connectivity index (χ0) is 24.7. The van der Waals surface area contributed by atoms with E-state index >= 15 is 0 Å². The lowest BCUT2D eigenvalue weighted by atomic mass is 9.97. The van der Waals surface area contributed by atoms with Gasteiger partial charge in [-0.15, -0.1) is 11.3 Å². The lowest BCUT2D eigenvalue weighted by Gasteiger charge is -2.33. The quantitative estimate of drug-likeness (QED) is 0.447. The molecule has 1 aromatic carbocycles. The molecule has 0 fully saturated rings. The van der Waals surface area contributed by atoms with E-state index < -0.39 is 30.1 Å². The summed E-state index contributed by atoms with van der Waals surface area (Å²) in [5.74, 6) is -1.09. The summed E-state index contributed by atoms with van der Waals surface area (Å²) in [5, 5.41) is 10.1. The molecule has 0 saturated carbocycles. The number of aromatic nitrogens is 2. The van der Waals surface area contributed by atoms with Crippen molar-refractivity contribution in [3.63, 3.8) is 0 Å². The maximum Gasteiger partial charge on any atom is 0.410 e. The predicted octanol–water partition coefficient (Wildman–Crippen LogP) is 5.52. The van der Waals surface area contributed by atoms with E-state index in [0.717, 1.165) is 28.0 Å². The van der Waals surface area contributed by atoms with Crippen molar-refractivity contribution in [2.24, 2.45) is 0 Å². The molecule has 0 saturated heterocycles. The number of anilines is 2. The van der Waals surface area contributed by atoms with Crippen molar-refractivity contribution in [3.05, 3.63) is 63.7 Å². The first kappa shape index (κ1) is 23.4. The summed E-state index contributed by atoms with van der Waals surface area (Å²) >= 11 is 1.30. The molecule has 0 bridgehead atoms. The number of alkyl halides is 3. The minimum atomic E-state index is -4.55. The van der Waals surface area contributed by atoms with Crippen molar-refractivity contribution < 1.29 is 27.5 Å². The number of nitrogens with one attached hydrogen (secondary N) is 2. The highest BCUT2D eigenvalue weighted by molar-refractivity contribution is 7.17. The summed E-state index contributed by atoms with van der Waals surface area (Å²) in [4.78, 5) is 26.6. The van der Waals surface area contributed by atoms with Crippen LogP contribution in [0.5, 0.6) is 0 Å². The Morgan fingerprint density at radius 2 is 2.03 bits per heavy atom. The van der Waals surface area contributed by atoms with Gasteiger partial charge in [-0.3, -0.25) is 4.79 Å². The molecule has 2 N–H and O–H groups in total. The number of fused-ring (bicyclic) bond motifs is 2. The zero-order valence-electron chi connectivity index (χ0n) is 18.8. The Morgan fingerprint density at radius 3 is 2.74 bits per heavy atom. The van der Waals surface area contributed by atoms with Crippen molar-refractivity contribution in [1.82, 2.24) is 9.78 Å². The summed E-state index contributed by atoms with van der Waals surface area (Å²) in [5.41, 5.74) is 1.75. The first-order valence-electron chi connectivity index (χ1n) is 11.4. The Morgan fingerprint density at radius 1 is 1.26 bits per heavy atom.